The molecule has 0 aliphatic carbocycles. The highest BCUT2D eigenvalue weighted by atomic mass is 16.5. The van der Waals surface area contributed by atoms with Gasteiger partial charge in [-0.2, -0.15) is 0 Å². The average molecular weight is 306 g/mol. The van der Waals surface area contributed by atoms with Crippen LogP contribution in [0.4, 0.5) is 0 Å². The second-order valence-corrected chi connectivity index (χ2v) is 5.91. The number of carbonyl (C=O) groups is 1. The van der Waals surface area contributed by atoms with Crippen LogP contribution >= 0.6 is 0 Å². The average Bonchev–Trinajstić information content (AvgIpc) is 2.47. The molecular formula is C17H26N2O3. The number of piperidine rings is 1. The Kier molecular flexibility index (Phi) is 6.21. The summed E-state index contributed by atoms with van der Waals surface area (Å²) in [5.41, 5.74) is 7.42. The highest BCUT2D eigenvalue weighted by molar-refractivity contribution is 5.71. The molecule has 0 saturated carbocycles. The van der Waals surface area contributed by atoms with Crippen LogP contribution in [0.1, 0.15) is 18.9 Å². The minimum Gasteiger partial charge on any atom is -0.497 e. The van der Waals surface area contributed by atoms with Crippen molar-refractivity contribution in [3.8, 4) is 5.75 Å². The Hall–Kier alpha value is -1.59. The van der Waals surface area contributed by atoms with E-state index in [1.807, 2.05) is 19.1 Å². The number of ether oxygens (including phenoxy) is 2. The van der Waals surface area contributed by atoms with Crippen LogP contribution in [0.25, 0.3) is 0 Å². The lowest BCUT2D eigenvalue weighted by Crippen LogP contribution is -2.49. The summed E-state index contributed by atoms with van der Waals surface area (Å²) in [5, 5.41) is 0. The Morgan fingerprint density at radius 1 is 1.32 bits per heavy atom. The summed E-state index contributed by atoms with van der Waals surface area (Å²) >= 11 is 0. The molecule has 1 saturated heterocycles. The lowest BCUT2D eigenvalue weighted by Gasteiger charge is -2.35. The molecule has 5 heteroatoms. The van der Waals surface area contributed by atoms with Gasteiger partial charge in [0, 0.05) is 19.1 Å². The van der Waals surface area contributed by atoms with Gasteiger partial charge < -0.3 is 15.2 Å². The fraction of sp³-hybridized carbons (Fsp3) is 0.588. The Balaban J connectivity index is 1.90. The van der Waals surface area contributed by atoms with Crippen molar-refractivity contribution >= 4 is 5.97 Å². The molecule has 0 bridgehead atoms. The van der Waals surface area contributed by atoms with Crippen molar-refractivity contribution in [3.05, 3.63) is 29.8 Å². The Bertz CT molecular complexity index is 475. The maximum atomic E-state index is 11.6. The molecule has 122 valence electrons. The van der Waals surface area contributed by atoms with E-state index in [2.05, 4.69) is 17.0 Å². The fourth-order valence-corrected chi connectivity index (χ4v) is 3.11. The summed E-state index contributed by atoms with van der Waals surface area (Å²) < 4.78 is 10.2. The van der Waals surface area contributed by atoms with Crippen LogP contribution in [-0.2, 0) is 16.0 Å². The maximum Gasteiger partial charge on any atom is 0.320 e. The number of likely N-dealkylation sites (tertiary alicyclic amines) is 1. The summed E-state index contributed by atoms with van der Waals surface area (Å²) in [5.74, 6) is 1.17. The number of nitrogens with zero attached hydrogens (tertiary/aromatic N) is 1. The fourth-order valence-electron chi connectivity index (χ4n) is 3.11. The zero-order valence-corrected chi connectivity index (χ0v) is 13.5. The predicted octanol–water partition coefficient (Wildman–Crippen LogP) is 1.45. The van der Waals surface area contributed by atoms with Crippen LogP contribution < -0.4 is 10.5 Å². The lowest BCUT2D eigenvalue weighted by molar-refractivity contribution is -0.144. The third-order valence-corrected chi connectivity index (χ3v) is 3.99. The minimum atomic E-state index is -0.167. The molecule has 1 aliphatic rings. The number of rotatable bonds is 6. The zero-order valence-electron chi connectivity index (χ0n) is 13.5. The van der Waals surface area contributed by atoms with E-state index in [4.69, 9.17) is 15.2 Å². The first-order valence-electron chi connectivity index (χ1n) is 7.87. The molecule has 2 N–H and O–H groups in total. The van der Waals surface area contributed by atoms with Crippen molar-refractivity contribution in [2.75, 3.05) is 33.4 Å². The van der Waals surface area contributed by atoms with Crippen LogP contribution in [-0.4, -0.2) is 50.3 Å². The quantitative estimate of drug-likeness (QED) is 0.806. The molecular weight excluding hydrogens is 280 g/mol. The zero-order chi connectivity index (χ0) is 15.9. The van der Waals surface area contributed by atoms with Crippen molar-refractivity contribution in [2.45, 2.75) is 25.8 Å². The number of methoxy groups -OCH3 is 1. The molecule has 5 nitrogen and oxygen atoms in total. The van der Waals surface area contributed by atoms with E-state index >= 15 is 0 Å². The molecule has 2 unspecified atom stereocenters. The van der Waals surface area contributed by atoms with Crippen LogP contribution in [0.5, 0.6) is 5.75 Å². The first-order chi connectivity index (χ1) is 10.6. The number of benzene rings is 1. The summed E-state index contributed by atoms with van der Waals surface area (Å²) in [4.78, 5) is 13.7. The van der Waals surface area contributed by atoms with Crippen molar-refractivity contribution in [2.24, 2.45) is 11.7 Å². The second kappa shape index (κ2) is 8.15. The molecule has 2 atom stereocenters. The molecule has 1 aromatic rings. The SMILES string of the molecule is CCOC(=O)CN1CC(N)CC(Cc2ccc(OC)cc2)C1. The van der Waals surface area contributed by atoms with Gasteiger partial charge in [0.1, 0.15) is 5.75 Å². The third-order valence-electron chi connectivity index (χ3n) is 3.99. The van der Waals surface area contributed by atoms with Gasteiger partial charge in [0.05, 0.1) is 20.3 Å². The van der Waals surface area contributed by atoms with Gasteiger partial charge in [-0.25, -0.2) is 0 Å². The summed E-state index contributed by atoms with van der Waals surface area (Å²) in [6.45, 7) is 4.23. The van der Waals surface area contributed by atoms with Gasteiger partial charge in [0.2, 0.25) is 0 Å². The molecule has 0 spiro atoms. The highest BCUT2D eigenvalue weighted by Crippen LogP contribution is 2.21. The van der Waals surface area contributed by atoms with Gasteiger partial charge in [-0.1, -0.05) is 12.1 Å². The van der Waals surface area contributed by atoms with E-state index < -0.39 is 0 Å². The molecule has 0 radical (unpaired) electrons. The Labute approximate surface area is 132 Å². The van der Waals surface area contributed by atoms with Crippen molar-refractivity contribution in [1.82, 2.24) is 4.90 Å². The topological polar surface area (TPSA) is 64.8 Å². The number of hydrogen-bond donors (Lipinski definition) is 1. The van der Waals surface area contributed by atoms with Gasteiger partial charge in [0.25, 0.3) is 0 Å². The first kappa shape index (κ1) is 16.8. The summed E-state index contributed by atoms with van der Waals surface area (Å²) in [7, 11) is 1.67. The summed E-state index contributed by atoms with van der Waals surface area (Å²) in [6, 6.07) is 8.26. The molecule has 1 aromatic carbocycles. The van der Waals surface area contributed by atoms with Gasteiger partial charge in [-0.3, -0.25) is 9.69 Å². The molecule has 22 heavy (non-hydrogen) atoms. The second-order valence-electron chi connectivity index (χ2n) is 5.91. The normalized spacial score (nSPS) is 22.3. The van der Waals surface area contributed by atoms with Crippen molar-refractivity contribution < 1.29 is 14.3 Å². The van der Waals surface area contributed by atoms with E-state index in [-0.39, 0.29) is 12.0 Å². The minimum absolute atomic E-state index is 0.117. The van der Waals surface area contributed by atoms with E-state index in [1.165, 1.54) is 5.56 Å². The standard InChI is InChI=1S/C17H26N2O3/c1-3-22-17(20)12-19-10-14(9-15(18)11-19)8-13-4-6-16(21-2)7-5-13/h4-7,14-15H,3,8-12,18H2,1-2H3. The first-order valence-corrected chi connectivity index (χ1v) is 7.87. The maximum absolute atomic E-state index is 11.6. The highest BCUT2D eigenvalue weighted by Gasteiger charge is 2.26. The Morgan fingerprint density at radius 3 is 2.68 bits per heavy atom. The van der Waals surface area contributed by atoms with Crippen LogP contribution in [0.15, 0.2) is 24.3 Å². The van der Waals surface area contributed by atoms with Gasteiger partial charge >= 0.3 is 5.97 Å². The molecule has 2 rings (SSSR count). The van der Waals surface area contributed by atoms with Crippen LogP contribution in [0, 0.1) is 5.92 Å². The molecule has 0 aromatic heterocycles. The summed E-state index contributed by atoms with van der Waals surface area (Å²) in [6.07, 6.45) is 1.96. The van der Waals surface area contributed by atoms with Gasteiger partial charge in [-0.15, -0.1) is 0 Å². The number of carbonyl (C=O) groups excluding carboxylic acids is 1. The third kappa shape index (κ3) is 5.00. The van der Waals surface area contributed by atoms with E-state index in [9.17, 15) is 4.79 Å². The largest absolute Gasteiger partial charge is 0.497 e. The van der Waals surface area contributed by atoms with E-state index in [1.54, 1.807) is 7.11 Å². The van der Waals surface area contributed by atoms with Crippen molar-refractivity contribution in [3.63, 3.8) is 0 Å². The van der Waals surface area contributed by atoms with Crippen LogP contribution in [0.2, 0.25) is 0 Å². The predicted molar refractivity (Wildman–Crippen MR) is 85.9 cm³/mol. The van der Waals surface area contributed by atoms with E-state index in [0.29, 0.717) is 19.1 Å². The van der Waals surface area contributed by atoms with Gasteiger partial charge in [-0.05, 0) is 43.4 Å². The monoisotopic (exact) mass is 306 g/mol. The smallest absolute Gasteiger partial charge is 0.320 e. The van der Waals surface area contributed by atoms with E-state index in [0.717, 1.165) is 31.7 Å². The van der Waals surface area contributed by atoms with Crippen molar-refractivity contribution in [1.29, 1.82) is 0 Å². The number of esters is 1. The lowest BCUT2D eigenvalue weighted by atomic mass is 9.89. The van der Waals surface area contributed by atoms with Crippen LogP contribution in [0.3, 0.4) is 0 Å². The Morgan fingerprint density at radius 2 is 2.05 bits per heavy atom. The van der Waals surface area contributed by atoms with Gasteiger partial charge in [0.15, 0.2) is 0 Å². The number of hydrogen-bond acceptors (Lipinski definition) is 5. The number of nitrogens with two attached hydrogens (primary N) is 1. The molecule has 1 fully saturated rings. The molecule has 0 amide bonds. The molecule has 1 aliphatic heterocycles. The molecule has 1 heterocycles.